The minimum atomic E-state index is -0.393. The molecular formula is C11H15ClN2O3. The number of hydrogen-bond donors (Lipinski definition) is 1. The van der Waals surface area contributed by atoms with E-state index in [2.05, 4.69) is 10.3 Å². The minimum absolute atomic E-state index is 0.251. The molecule has 1 aliphatic heterocycles. The summed E-state index contributed by atoms with van der Waals surface area (Å²) < 4.78 is 10.3. The van der Waals surface area contributed by atoms with Crippen LogP contribution in [0.1, 0.15) is 29.1 Å². The van der Waals surface area contributed by atoms with Crippen LogP contribution in [-0.2, 0) is 4.74 Å². The number of nitrogens with one attached hydrogen (secondary N) is 1. The SMILES string of the molecule is Cc1ncoc1C(=O)NC1(CCl)CCOCC1. The highest BCUT2D eigenvalue weighted by Crippen LogP contribution is 2.23. The molecule has 1 fully saturated rings. The maximum atomic E-state index is 12.0. The Labute approximate surface area is 104 Å². The van der Waals surface area contributed by atoms with E-state index in [-0.39, 0.29) is 11.7 Å². The number of halogens is 1. The Morgan fingerprint density at radius 3 is 2.82 bits per heavy atom. The van der Waals surface area contributed by atoms with Gasteiger partial charge in [0, 0.05) is 19.1 Å². The molecule has 17 heavy (non-hydrogen) atoms. The Hall–Kier alpha value is -1.07. The molecule has 1 N–H and O–H groups in total. The van der Waals surface area contributed by atoms with Crippen LogP contribution in [0, 0.1) is 6.92 Å². The van der Waals surface area contributed by atoms with Gasteiger partial charge in [0.1, 0.15) is 0 Å². The van der Waals surface area contributed by atoms with Crippen molar-refractivity contribution in [2.24, 2.45) is 0 Å². The molecule has 1 saturated heterocycles. The molecule has 0 spiro atoms. The molecule has 0 atom stereocenters. The summed E-state index contributed by atoms with van der Waals surface area (Å²) in [6, 6.07) is 0. The van der Waals surface area contributed by atoms with Gasteiger partial charge in [-0.05, 0) is 19.8 Å². The average molecular weight is 259 g/mol. The Morgan fingerprint density at radius 2 is 2.29 bits per heavy atom. The van der Waals surface area contributed by atoms with Crippen LogP contribution in [0.25, 0.3) is 0 Å². The van der Waals surface area contributed by atoms with Gasteiger partial charge < -0.3 is 14.5 Å². The van der Waals surface area contributed by atoms with Crippen molar-refractivity contribution in [1.29, 1.82) is 0 Å². The summed E-state index contributed by atoms with van der Waals surface area (Å²) in [5.41, 5.74) is 0.190. The highest BCUT2D eigenvalue weighted by atomic mass is 35.5. The fourth-order valence-corrected chi connectivity index (χ4v) is 2.21. The Kier molecular flexibility index (Phi) is 3.69. The smallest absolute Gasteiger partial charge is 0.289 e. The van der Waals surface area contributed by atoms with Gasteiger partial charge in [-0.1, -0.05) is 0 Å². The molecule has 5 nitrogen and oxygen atoms in total. The van der Waals surface area contributed by atoms with Gasteiger partial charge in [0.25, 0.3) is 5.91 Å². The number of alkyl halides is 1. The van der Waals surface area contributed by atoms with Crippen LogP contribution in [0.5, 0.6) is 0 Å². The molecule has 2 rings (SSSR count). The predicted octanol–water partition coefficient (Wildman–Crippen LogP) is 1.50. The summed E-state index contributed by atoms with van der Waals surface area (Å²) in [6.07, 6.45) is 2.70. The zero-order valence-electron chi connectivity index (χ0n) is 9.66. The lowest BCUT2D eigenvalue weighted by Crippen LogP contribution is -2.53. The van der Waals surface area contributed by atoms with E-state index in [0.29, 0.717) is 24.8 Å². The number of aromatic nitrogens is 1. The van der Waals surface area contributed by atoms with Crippen LogP contribution in [0.3, 0.4) is 0 Å². The molecule has 6 heteroatoms. The van der Waals surface area contributed by atoms with Crippen molar-refractivity contribution in [3.05, 3.63) is 17.8 Å². The maximum absolute atomic E-state index is 12.0. The first-order valence-corrected chi connectivity index (χ1v) is 6.07. The van der Waals surface area contributed by atoms with Crippen molar-refractivity contribution in [2.45, 2.75) is 25.3 Å². The second-order valence-electron chi connectivity index (χ2n) is 4.25. The lowest BCUT2D eigenvalue weighted by atomic mass is 9.92. The second-order valence-corrected chi connectivity index (χ2v) is 4.51. The monoisotopic (exact) mass is 258 g/mol. The van der Waals surface area contributed by atoms with Crippen LogP contribution >= 0.6 is 11.6 Å². The number of rotatable bonds is 3. The van der Waals surface area contributed by atoms with Crippen molar-refractivity contribution in [2.75, 3.05) is 19.1 Å². The number of amides is 1. The molecule has 2 heterocycles. The third-order valence-corrected chi connectivity index (χ3v) is 3.55. The highest BCUT2D eigenvalue weighted by molar-refractivity contribution is 6.19. The van der Waals surface area contributed by atoms with E-state index in [1.807, 2.05) is 0 Å². The summed E-state index contributed by atoms with van der Waals surface area (Å²) in [6.45, 7) is 2.96. The Bertz CT molecular complexity index is 399. The molecule has 1 aliphatic rings. The largest absolute Gasteiger partial charge is 0.438 e. The standard InChI is InChI=1S/C11H15ClN2O3/c1-8-9(17-7-13-8)10(15)14-11(6-12)2-4-16-5-3-11/h7H,2-6H2,1H3,(H,14,15). The molecule has 0 radical (unpaired) electrons. The van der Waals surface area contributed by atoms with Gasteiger partial charge in [-0.3, -0.25) is 4.79 Å². The number of hydrogen-bond acceptors (Lipinski definition) is 4. The number of ether oxygens (including phenoxy) is 1. The molecule has 94 valence electrons. The van der Waals surface area contributed by atoms with Gasteiger partial charge in [0.05, 0.1) is 11.2 Å². The zero-order chi connectivity index (χ0) is 12.3. The van der Waals surface area contributed by atoms with Gasteiger partial charge in [0.2, 0.25) is 5.76 Å². The molecule has 0 aromatic carbocycles. The van der Waals surface area contributed by atoms with Crippen LogP contribution < -0.4 is 5.32 Å². The van der Waals surface area contributed by atoms with Crippen LogP contribution in [0.15, 0.2) is 10.8 Å². The lowest BCUT2D eigenvalue weighted by Gasteiger charge is -2.35. The first kappa shape index (κ1) is 12.4. The van der Waals surface area contributed by atoms with E-state index < -0.39 is 5.54 Å². The number of carbonyl (C=O) groups is 1. The molecule has 0 aliphatic carbocycles. The third-order valence-electron chi connectivity index (χ3n) is 3.04. The molecular weight excluding hydrogens is 244 g/mol. The first-order chi connectivity index (χ1) is 8.17. The summed E-state index contributed by atoms with van der Waals surface area (Å²) in [4.78, 5) is 15.9. The first-order valence-electron chi connectivity index (χ1n) is 5.53. The van der Waals surface area contributed by atoms with Crippen LogP contribution in [0.2, 0.25) is 0 Å². The van der Waals surface area contributed by atoms with E-state index in [1.165, 1.54) is 6.39 Å². The molecule has 1 aromatic heterocycles. The minimum Gasteiger partial charge on any atom is -0.438 e. The quantitative estimate of drug-likeness (QED) is 0.835. The summed E-state index contributed by atoms with van der Waals surface area (Å²) >= 11 is 5.97. The number of oxazole rings is 1. The summed E-state index contributed by atoms with van der Waals surface area (Å²) in [5, 5.41) is 2.94. The predicted molar refractivity (Wildman–Crippen MR) is 62.2 cm³/mol. The van der Waals surface area contributed by atoms with Gasteiger partial charge in [-0.25, -0.2) is 4.98 Å². The number of nitrogens with zero attached hydrogens (tertiary/aromatic N) is 1. The molecule has 0 bridgehead atoms. The third kappa shape index (κ3) is 2.61. The zero-order valence-corrected chi connectivity index (χ0v) is 10.4. The normalized spacial score (nSPS) is 18.9. The van der Waals surface area contributed by atoms with Crippen molar-refractivity contribution < 1.29 is 13.9 Å². The van der Waals surface area contributed by atoms with Crippen molar-refractivity contribution in [3.63, 3.8) is 0 Å². The number of aryl methyl sites for hydroxylation is 1. The molecule has 0 unspecified atom stereocenters. The maximum Gasteiger partial charge on any atom is 0.289 e. The van der Waals surface area contributed by atoms with Gasteiger partial charge in [-0.2, -0.15) is 0 Å². The number of carbonyl (C=O) groups excluding carboxylic acids is 1. The molecule has 0 saturated carbocycles. The highest BCUT2D eigenvalue weighted by Gasteiger charge is 2.34. The van der Waals surface area contributed by atoms with E-state index in [1.54, 1.807) is 6.92 Å². The molecule has 1 amide bonds. The summed E-state index contributed by atoms with van der Waals surface area (Å²) in [7, 11) is 0. The Morgan fingerprint density at radius 1 is 1.59 bits per heavy atom. The Balaban J connectivity index is 2.08. The summed E-state index contributed by atoms with van der Waals surface area (Å²) in [5.74, 6) is 0.360. The topological polar surface area (TPSA) is 64.4 Å². The van der Waals surface area contributed by atoms with Crippen molar-refractivity contribution in [3.8, 4) is 0 Å². The van der Waals surface area contributed by atoms with Gasteiger partial charge in [-0.15, -0.1) is 11.6 Å². The van der Waals surface area contributed by atoms with Crippen LogP contribution in [0.4, 0.5) is 0 Å². The fourth-order valence-electron chi connectivity index (χ4n) is 1.87. The average Bonchev–Trinajstić information content (AvgIpc) is 2.77. The van der Waals surface area contributed by atoms with Gasteiger partial charge >= 0.3 is 0 Å². The van der Waals surface area contributed by atoms with Crippen LogP contribution in [-0.4, -0.2) is 35.5 Å². The van der Waals surface area contributed by atoms with Crippen molar-refractivity contribution >= 4 is 17.5 Å². The van der Waals surface area contributed by atoms with E-state index in [0.717, 1.165) is 12.8 Å². The lowest BCUT2D eigenvalue weighted by molar-refractivity contribution is 0.0425. The fraction of sp³-hybridized carbons (Fsp3) is 0.636. The van der Waals surface area contributed by atoms with E-state index in [4.69, 9.17) is 20.8 Å². The van der Waals surface area contributed by atoms with Crippen molar-refractivity contribution in [1.82, 2.24) is 10.3 Å². The van der Waals surface area contributed by atoms with Gasteiger partial charge in [0.15, 0.2) is 6.39 Å². The molecule has 1 aromatic rings. The van der Waals surface area contributed by atoms with E-state index in [9.17, 15) is 4.79 Å². The van der Waals surface area contributed by atoms with E-state index >= 15 is 0 Å². The second kappa shape index (κ2) is 5.06.